The predicted octanol–water partition coefficient (Wildman–Crippen LogP) is 3.38. The standard InChI is InChI=1S/C23H24N6O3/c1-14-21(23(28-32-14)31-13-19(24-2)18-5-3-4-9-25-18)16-8-10-29-17(11-16)12-20(27-29)26-22(30)15-6-7-15/h3-5,8-12,15,19,24H,6-7,13H2,1-2H3,(H,26,27,30). The number of carbonyl (C=O) groups is 1. The number of fused-ring (bicyclic) bond motifs is 1. The molecule has 164 valence electrons. The third-order valence-corrected chi connectivity index (χ3v) is 5.56. The van der Waals surface area contributed by atoms with Crippen LogP contribution >= 0.6 is 0 Å². The molecule has 1 atom stereocenters. The van der Waals surface area contributed by atoms with Crippen molar-refractivity contribution < 1.29 is 14.1 Å². The average molecular weight is 432 g/mol. The van der Waals surface area contributed by atoms with E-state index in [0.717, 1.165) is 35.2 Å². The zero-order chi connectivity index (χ0) is 22.1. The largest absolute Gasteiger partial charge is 0.473 e. The maximum atomic E-state index is 12.0. The number of ether oxygens (including phenoxy) is 1. The van der Waals surface area contributed by atoms with E-state index < -0.39 is 0 Å². The van der Waals surface area contributed by atoms with Crippen molar-refractivity contribution in [3.63, 3.8) is 0 Å². The highest BCUT2D eigenvalue weighted by Gasteiger charge is 2.30. The van der Waals surface area contributed by atoms with Crippen molar-refractivity contribution >= 4 is 17.2 Å². The molecule has 4 aromatic heterocycles. The van der Waals surface area contributed by atoms with Gasteiger partial charge in [-0.15, -0.1) is 0 Å². The van der Waals surface area contributed by atoms with Gasteiger partial charge in [0.1, 0.15) is 12.4 Å². The van der Waals surface area contributed by atoms with Crippen molar-refractivity contribution in [3.05, 3.63) is 60.2 Å². The Morgan fingerprint density at radius 3 is 2.94 bits per heavy atom. The molecule has 4 heterocycles. The first kappa shape index (κ1) is 20.2. The number of hydrogen-bond acceptors (Lipinski definition) is 7. The van der Waals surface area contributed by atoms with Crippen molar-refractivity contribution in [2.75, 3.05) is 19.0 Å². The van der Waals surface area contributed by atoms with Gasteiger partial charge in [-0.05, 0) is 61.8 Å². The summed E-state index contributed by atoms with van der Waals surface area (Å²) in [6, 6.07) is 11.4. The van der Waals surface area contributed by atoms with Crippen LogP contribution < -0.4 is 15.4 Å². The summed E-state index contributed by atoms with van der Waals surface area (Å²) < 4.78 is 13.2. The second-order valence-electron chi connectivity index (χ2n) is 7.90. The SMILES string of the molecule is CNC(COc1noc(C)c1-c1ccn2nc(NC(=O)C3CC3)cc2c1)c1ccccn1. The minimum Gasteiger partial charge on any atom is -0.473 e. The smallest absolute Gasteiger partial charge is 0.262 e. The van der Waals surface area contributed by atoms with Crippen LogP contribution in [0.25, 0.3) is 16.6 Å². The summed E-state index contributed by atoms with van der Waals surface area (Å²) in [6.45, 7) is 2.20. The Labute approximate surface area is 184 Å². The lowest BCUT2D eigenvalue weighted by molar-refractivity contribution is -0.117. The summed E-state index contributed by atoms with van der Waals surface area (Å²) in [5, 5.41) is 14.7. The van der Waals surface area contributed by atoms with E-state index >= 15 is 0 Å². The number of aryl methyl sites for hydroxylation is 1. The number of amides is 1. The quantitative estimate of drug-likeness (QED) is 0.440. The van der Waals surface area contributed by atoms with E-state index in [4.69, 9.17) is 9.26 Å². The molecule has 0 aromatic carbocycles. The molecular weight excluding hydrogens is 408 g/mol. The van der Waals surface area contributed by atoms with E-state index in [1.165, 1.54) is 0 Å². The van der Waals surface area contributed by atoms with Gasteiger partial charge >= 0.3 is 0 Å². The first-order valence-corrected chi connectivity index (χ1v) is 10.6. The maximum absolute atomic E-state index is 12.0. The highest BCUT2D eigenvalue weighted by Crippen LogP contribution is 2.34. The second kappa shape index (κ2) is 8.43. The van der Waals surface area contributed by atoms with E-state index in [-0.39, 0.29) is 17.9 Å². The van der Waals surface area contributed by atoms with E-state index in [1.807, 2.05) is 56.6 Å². The highest BCUT2D eigenvalue weighted by molar-refractivity contribution is 5.93. The summed E-state index contributed by atoms with van der Waals surface area (Å²) in [7, 11) is 1.87. The van der Waals surface area contributed by atoms with Gasteiger partial charge < -0.3 is 19.9 Å². The molecule has 1 aliphatic carbocycles. The molecule has 5 rings (SSSR count). The fraction of sp³-hybridized carbons (Fsp3) is 0.304. The summed E-state index contributed by atoms with van der Waals surface area (Å²) in [6.07, 6.45) is 5.51. The van der Waals surface area contributed by atoms with Gasteiger partial charge in [-0.3, -0.25) is 9.78 Å². The zero-order valence-electron chi connectivity index (χ0n) is 17.9. The Morgan fingerprint density at radius 1 is 1.31 bits per heavy atom. The molecule has 4 aromatic rings. The summed E-state index contributed by atoms with van der Waals surface area (Å²) in [5.74, 6) is 1.79. The molecule has 0 aliphatic heterocycles. The van der Waals surface area contributed by atoms with Crippen LogP contribution in [0, 0.1) is 12.8 Å². The predicted molar refractivity (Wildman–Crippen MR) is 118 cm³/mol. The zero-order valence-corrected chi connectivity index (χ0v) is 17.9. The van der Waals surface area contributed by atoms with Gasteiger partial charge in [-0.25, -0.2) is 4.52 Å². The molecule has 1 fully saturated rings. The molecule has 0 bridgehead atoms. The first-order valence-electron chi connectivity index (χ1n) is 10.6. The molecule has 2 N–H and O–H groups in total. The Hall–Kier alpha value is -3.72. The third-order valence-electron chi connectivity index (χ3n) is 5.56. The highest BCUT2D eigenvalue weighted by atomic mass is 16.5. The molecule has 0 saturated heterocycles. The van der Waals surface area contributed by atoms with Crippen LogP contribution in [0.15, 0.2) is 53.3 Å². The van der Waals surface area contributed by atoms with Crippen LogP contribution in [-0.2, 0) is 4.79 Å². The number of aromatic nitrogens is 4. The van der Waals surface area contributed by atoms with Crippen LogP contribution in [0.4, 0.5) is 5.82 Å². The molecule has 9 heteroatoms. The Kier molecular flexibility index (Phi) is 5.32. The van der Waals surface area contributed by atoms with Gasteiger partial charge in [-0.1, -0.05) is 6.07 Å². The molecule has 1 amide bonds. The van der Waals surface area contributed by atoms with Crippen molar-refractivity contribution in [1.82, 2.24) is 25.1 Å². The Bertz CT molecular complexity index is 1250. The number of nitrogens with zero attached hydrogens (tertiary/aromatic N) is 4. The minimum atomic E-state index is -0.0870. The first-order chi connectivity index (χ1) is 15.6. The monoisotopic (exact) mass is 432 g/mol. The molecule has 32 heavy (non-hydrogen) atoms. The van der Waals surface area contributed by atoms with Gasteiger partial charge in [0.25, 0.3) is 5.88 Å². The molecule has 1 saturated carbocycles. The van der Waals surface area contributed by atoms with Crippen molar-refractivity contribution in [2.24, 2.45) is 5.92 Å². The third kappa shape index (κ3) is 4.06. The lowest BCUT2D eigenvalue weighted by atomic mass is 10.1. The fourth-order valence-corrected chi connectivity index (χ4v) is 3.62. The van der Waals surface area contributed by atoms with Gasteiger partial charge in [0.2, 0.25) is 5.91 Å². The second-order valence-corrected chi connectivity index (χ2v) is 7.90. The molecule has 1 aliphatic rings. The number of carbonyl (C=O) groups excluding carboxylic acids is 1. The van der Waals surface area contributed by atoms with Gasteiger partial charge in [0, 0.05) is 24.4 Å². The Balaban J connectivity index is 1.37. The molecular formula is C23H24N6O3. The van der Waals surface area contributed by atoms with Crippen LogP contribution in [-0.4, -0.2) is 39.3 Å². The molecule has 9 nitrogen and oxygen atoms in total. The lowest BCUT2D eigenvalue weighted by Gasteiger charge is -2.15. The van der Waals surface area contributed by atoms with E-state index in [1.54, 1.807) is 10.7 Å². The summed E-state index contributed by atoms with van der Waals surface area (Å²) >= 11 is 0. The number of hydrogen-bond donors (Lipinski definition) is 2. The topological polar surface area (TPSA) is 107 Å². The number of pyridine rings is 2. The molecule has 0 radical (unpaired) electrons. The summed E-state index contributed by atoms with van der Waals surface area (Å²) in [5.41, 5.74) is 3.41. The number of nitrogens with one attached hydrogen (secondary N) is 2. The van der Waals surface area contributed by atoms with Crippen LogP contribution in [0.1, 0.15) is 30.3 Å². The van der Waals surface area contributed by atoms with Gasteiger partial charge in [0.05, 0.1) is 22.8 Å². The maximum Gasteiger partial charge on any atom is 0.262 e. The van der Waals surface area contributed by atoms with Gasteiger partial charge in [0.15, 0.2) is 5.82 Å². The lowest BCUT2D eigenvalue weighted by Crippen LogP contribution is -2.24. The average Bonchev–Trinajstić information content (AvgIpc) is 3.49. The molecule has 1 unspecified atom stereocenters. The minimum absolute atomic E-state index is 0.0335. The van der Waals surface area contributed by atoms with Gasteiger partial charge in [-0.2, -0.15) is 5.10 Å². The number of anilines is 1. The summed E-state index contributed by atoms with van der Waals surface area (Å²) in [4.78, 5) is 16.4. The fourth-order valence-electron chi connectivity index (χ4n) is 3.62. The van der Waals surface area contributed by atoms with Crippen LogP contribution in [0.5, 0.6) is 5.88 Å². The van der Waals surface area contributed by atoms with Crippen molar-refractivity contribution in [3.8, 4) is 17.0 Å². The normalized spacial score (nSPS) is 14.4. The van der Waals surface area contributed by atoms with Crippen molar-refractivity contribution in [1.29, 1.82) is 0 Å². The van der Waals surface area contributed by atoms with Crippen molar-refractivity contribution in [2.45, 2.75) is 25.8 Å². The number of rotatable bonds is 8. The van der Waals surface area contributed by atoms with E-state index in [2.05, 4.69) is 25.9 Å². The van der Waals surface area contributed by atoms with Crippen LogP contribution in [0.2, 0.25) is 0 Å². The van der Waals surface area contributed by atoms with E-state index in [0.29, 0.717) is 24.1 Å². The molecule has 0 spiro atoms. The number of likely N-dealkylation sites (N-methyl/N-ethyl adjacent to an activating group) is 1. The van der Waals surface area contributed by atoms with E-state index in [9.17, 15) is 4.79 Å². The van der Waals surface area contributed by atoms with Crippen LogP contribution in [0.3, 0.4) is 0 Å². The Morgan fingerprint density at radius 2 is 2.19 bits per heavy atom.